The van der Waals surface area contributed by atoms with E-state index in [2.05, 4.69) is 35.5 Å². The van der Waals surface area contributed by atoms with Crippen LogP contribution < -0.4 is 0 Å². The summed E-state index contributed by atoms with van der Waals surface area (Å²) >= 11 is 0. The summed E-state index contributed by atoms with van der Waals surface area (Å²) in [5.74, 6) is 1.01. The van der Waals surface area contributed by atoms with Crippen molar-refractivity contribution in [3.05, 3.63) is 12.2 Å². The standard InChI is InChI=1S/C10H19N3O/c1-4-6-14-7-5-10-12-11-8-13(10)9(2)3/h8-9H,4-7H2,1-3H3. The lowest BCUT2D eigenvalue weighted by Gasteiger charge is -2.09. The highest BCUT2D eigenvalue weighted by Gasteiger charge is 2.06. The molecule has 0 radical (unpaired) electrons. The highest BCUT2D eigenvalue weighted by Crippen LogP contribution is 2.06. The van der Waals surface area contributed by atoms with Gasteiger partial charge in [0.2, 0.25) is 0 Å². The summed E-state index contributed by atoms with van der Waals surface area (Å²) in [6.07, 6.45) is 3.69. The van der Waals surface area contributed by atoms with E-state index in [1.165, 1.54) is 0 Å². The molecule has 0 atom stereocenters. The summed E-state index contributed by atoms with van der Waals surface area (Å²) in [5.41, 5.74) is 0. The van der Waals surface area contributed by atoms with Crippen molar-refractivity contribution in [2.24, 2.45) is 0 Å². The first-order valence-electron chi connectivity index (χ1n) is 5.21. The van der Waals surface area contributed by atoms with Crippen LogP contribution in [0, 0.1) is 0 Å². The van der Waals surface area contributed by atoms with Crippen molar-refractivity contribution < 1.29 is 4.74 Å². The van der Waals surface area contributed by atoms with Crippen molar-refractivity contribution in [3.8, 4) is 0 Å². The molecular formula is C10H19N3O. The minimum atomic E-state index is 0.422. The molecule has 0 aliphatic heterocycles. The Labute approximate surface area is 85.3 Å². The molecule has 0 amide bonds. The zero-order valence-corrected chi connectivity index (χ0v) is 9.23. The molecule has 0 fully saturated rings. The minimum Gasteiger partial charge on any atom is -0.381 e. The van der Waals surface area contributed by atoms with Crippen molar-refractivity contribution in [1.82, 2.24) is 14.8 Å². The van der Waals surface area contributed by atoms with Gasteiger partial charge in [0, 0.05) is 19.1 Å². The van der Waals surface area contributed by atoms with Gasteiger partial charge in [-0.05, 0) is 20.3 Å². The van der Waals surface area contributed by atoms with Crippen LogP contribution in [0.5, 0.6) is 0 Å². The van der Waals surface area contributed by atoms with Crippen LogP contribution in [-0.2, 0) is 11.2 Å². The maximum Gasteiger partial charge on any atom is 0.135 e. The monoisotopic (exact) mass is 197 g/mol. The second kappa shape index (κ2) is 5.75. The van der Waals surface area contributed by atoms with Gasteiger partial charge in [0.1, 0.15) is 12.2 Å². The van der Waals surface area contributed by atoms with Gasteiger partial charge in [-0.3, -0.25) is 0 Å². The van der Waals surface area contributed by atoms with Crippen LogP contribution in [0.25, 0.3) is 0 Å². The molecule has 0 saturated carbocycles. The van der Waals surface area contributed by atoms with Crippen LogP contribution >= 0.6 is 0 Å². The van der Waals surface area contributed by atoms with Crippen LogP contribution in [0.2, 0.25) is 0 Å². The van der Waals surface area contributed by atoms with Gasteiger partial charge in [0.15, 0.2) is 0 Å². The van der Waals surface area contributed by atoms with Gasteiger partial charge in [-0.15, -0.1) is 10.2 Å². The topological polar surface area (TPSA) is 39.9 Å². The highest BCUT2D eigenvalue weighted by molar-refractivity contribution is 4.87. The molecule has 0 N–H and O–H groups in total. The lowest BCUT2D eigenvalue weighted by Crippen LogP contribution is -2.09. The predicted molar refractivity (Wildman–Crippen MR) is 55.2 cm³/mol. The summed E-state index contributed by atoms with van der Waals surface area (Å²) in [5, 5.41) is 7.97. The van der Waals surface area contributed by atoms with Gasteiger partial charge < -0.3 is 9.30 Å². The quantitative estimate of drug-likeness (QED) is 0.653. The number of ether oxygens (including phenoxy) is 1. The summed E-state index contributed by atoms with van der Waals surface area (Å²) in [4.78, 5) is 0. The number of hydrogen-bond acceptors (Lipinski definition) is 3. The van der Waals surface area contributed by atoms with Gasteiger partial charge >= 0.3 is 0 Å². The van der Waals surface area contributed by atoms with E-state index in [0.29, 0.717) is 6.04 Å². The van der Waals surface area contributed by atoms with E-state index in [-0.39, 0.29) is 0 Å². The van der Waals surface area contributed by atoms with Crippen molar-refractivity contribution >= 4 is 0 Å². The van der Waals surface area contributed by atoms with E-state index in [1.807, 2.05) is 0 Å². The van der Waals surface area contributed by atoms with Crippen LogP contribution in [-0.4, -0.2) is 28.0 Å². The van der Waals surface area contributed by atoms with Crippen LogP contribution in [0.15, 0.2) is 6.33 Å². The molecule has 1 aromatic rings. The predicted octanol–water partition coefficient (Wildman–Crippen LogP) is 1.83. The van der Waals surface area contributed by atoms with E-state index in [9.17, 15) is 0 Å². The lowest BCUT2D eigenvalue weighted by atomic mass is 10.3. The number of hydrogen-bond donors (Lipinski definition) is 0. The number of nitrogens with zero attached hydrogens (tertiary/aromatic N) is 3. The normalized spacial score (nSPS) is 11.1. The molecule has 4 heteroatoms. The molecule has 0 unspecified atom stereocenters. The summed E-state index contributed by atoms with van der Waals surface area (Å²) in [6, 6.07) is 0.422. The molecule has 14 heavy (non-hydrogen) atoms. The summed E-state index contributed by atoms with van der Waals surface area (Å²) in [6.45, 7) is 7.92. The molecular weight excluding hydrogens is 178 g/mol. The van der Waals surface area contributed by atoms with E-state index in [0.717, 1.165) is 31.9 Å². The molecule has 80 valence electrons. The SMILES string of the molecule is CCCOCCc1nncn1C(C)C. The van der Waals surface area contributed by atoms with Crippen LogP contribution in [0.4, 0.5) is 0 Å². The van der Waals surface area contributed by atoms with Gasteiger partial charge in [-0.1, -0.05) is 6.92 Å². The molecule has 1 rings (SSSR count). The average molecular weight is 197 g/mol. The largest absolute Gasteiger partial charge is 0.381 e. The first-order valence-corrected chi connectivity index (χ1v) is 5.21. The first-order chi connectivity index (χ1) is 6.75. The molecule has 0 saturated heterocycles. The fourth-order valence-corrected chi connectivity index (χ4v) is 1.29. The average Bonchev–Trinajstić information content (AvgIpc) is 2.60. The second-order valence-corrected chi connectivity index (χ2v) is 3.61. The van der Waals surface area contributed by atoms with Crippen molar-refractivity contribution in [2.75, 3.05) is 13.2 Å². The Morgan fingerprint density at radius 1 is 1.43 bits per heavy atom. The Balaban J connectivity index is 2.38. The third-order valence-corrected chi connectivity index (χ3v) is 2.02. The zero-order chi connectivity index (χ0) is 10.4. The Kier molecular flexibility index (Phi) is 4.59. The molecule has 1 heterocycles. The Morgan fingerprint density at radius 2 is 2.21 bits per heavy atom. The molecule has 0 aliphatic carbocycles. The van der Waals surface area contributed by atoms with Gasteiger partial charge in [0.25, 0.3) is 0 Å². The van der Waals surface area contributed by atoms with Crippen molar-refractivity contribution in [1.29, 1.82) is 0 Å². The lowest BCUT2D eigenvalue weighted by molar-refractivity contribution is 0.136. The minimum absolute atomic E-state index is 0.422. The fraction of sp³-hybridized carbons (Fsp3) is 0.800. The van der Waals surface area contributed by atoms with Gasteiger partial charge in [-0.25, -0.2) is 0 Å². The molecule has 4 nitrogen and oxygen atoms in total. The van der Waals surface area contributed by atoms with Crippen molar-refractivity contribution in [3.63, 3.8) is 0 Å². The van der Waals surface area contributed by atoms with Crippen LogP contribution in [0.1, 0.15) is 39.1 Å². The maximum atomic E-state index is 5.41. The van der Waals surface area contributed by atoms with Crippen LogP contribution in [0.3, 0.4) is 0 Å². The summed E-state index contributed by atoms with van der Waals surface area (Å²) < 4.78 is 7.49. The van der Waals surface area contributed by atoms with E-state index in [1.54, 1.807) is 6.33 Å². The highest BCUT2D eigenvalue weighted by atomic mass is 16.5. The molecule has 0 bridgehead atoms. The Hall–Kier alpha value is -0.900. The van der Waals surface area contributed by atoms with E-state index in [4.69, 9.17) is 4.74 Å². The second-order valence-electron chi connectivity index (χ2n) is 3.61. The number of rotatable bonds is 6. The smallest absolute Gasteiger partial charge is 0.135 e. The Morgan fingerprint density at radius 3 is 2.86 bits per heavy atom. The summed E-state index contributed by atoms with van der Waals surface area (Å²) in [7, 11) is 0. The third kappa shape index (κ3) is 3.10. The fourth-order valence-electron chi connectivity index (χ4n) is 1.29. The van der Waals surface area contributed by atoms with Gasteiger partial charge in [0.05, 0.1) is 6.61 Å². The third-order valence-electron chi connectivity index (χ3n) is 2.02. The zero-order valence-electron chi connectivity index (χ0n) is 9.23. The molecule has 1 aromatic heterocycles. The first kappa shape index (κ1) is 11.2. The number of aromatic nitrogens is 3. The maximum absolute atomic E-state index is 5.41. The van der Waals surface area contributed by atoms with Crippen molar-refractivity contribution in [2.45, 2.75) is 39.7 Å². The van der Waals surface area contributed by atoms with E-state index < -0.39 is 0 Å². The molecule has 0 spiro atoms. The van der Waals surface area contributed by atoms with Gasteiger partial charge in [-0.2, -0.15) is 0 Å². The molecule has 0 aliphatic rings. The molecule has 0 aromatic carbocycles. The Bertz CT molecular complexity index is 258. The van der Waals surface area contributed by atoms with E-state index >= 15 is 0 Å².